The van der Waals surface area contributed by atoms with Crippen molar-refractivity contribution in [1.82, 2.24) is 15.0 Å². The Hall–Kier alpha value is -2.66. The molecule has 3 aromatic heterocycles. The van der Waals surface area contributed by atoms with E-state index >= 15 is 0 Å². The summed E-state index contributed by atoms with van der Waals surface area (Å²) in [5.74, 6) is -0.253. The van der Waals surface area contributed by atoms with E-state index in [1.54, 1.807) is 6.07 Å². The van der Waals surface area contributed by atoms with Gasteiger partial charge in [0.05, 0.1) is 16.8 Å². The number of pyridine rings is 1. The van der Waals surface area contributed by atoms with Gasteiger partial charge in [-0.15, -0.1) is 11.3 Å². The second-order valence-corrected chi connectivity index (χ2v) is 7.52. The molecular formula is C16H7BrF3N3O3S. The predicted octanol–water partition coefficient (Wildman–Crippen LogP) is 3.98. The molecule has 3 N–H and O–H groups in total. The maximum Gasteiger partial charge on any atom is 0.417 e. The van der Waals surface area contributed by atoms with Crippen LogP contribution in [0, 0.1) is 0 Å². The van der Waals surface area contributed by atoms with Crippen molar-refractivity contribution < 1.29 is 18.3 Å². The van der Waals surface area contributed by atoms with Crippen LogP contribution in [0.5, 0.6) is 5.75 Å². The second-order valence-electron chi connectivity index (χ2n) is 5.61. The Kier molecular flexibility index (Phi) is 3.89. The Bertz CT molecular complexity index is 1340. The molecule has 0 unspecified atom stereocenters. The fraction of sp³-hybridized carbons (Fsp3) is 0.0625. The molecule has 3 heterocycles. The quantitative estimate of drug-likeness (QED) is 0.402. The van der Waals surface area contributed by atoms with Gasteiger partial charge in [-0.3, -0.25) is 9.78 Å². The van der Waals surface area contributed by atoms with Gasteiger partial charge in [0.1, 0.15) is 15.3 Å². The highest BCUT2D eigenvalue weighted by molar-refractivity contribution is 9.10. The number of phenols is 1. The molecule has 0 atom stereocenters. The smallest absolute Gasteiger partial charge is 0.417 e. The average molecular weight is 458 g/mol. The van der Waals surface area contributed by atoms with E-state index in [1.807, 2.05) is 4.98 Å². The molecule has 0 saturated carbocycles. The van der Waals surface area contributed by atoms with Gasteiger partial charge in [-0.1, -0.05) is 15.9 Å². The van der Waals surface area contributed by atoms with Gasteiger partial charge in [-0.2, -0.15) is 13.2 Å². The van der Waals surface area contributed by atoms with Crippen molar-refractivity contribution in [3.05, 3.63) is 55.1 Å². The Labute approximate surface area is 159 Å². The number of rotatable bonds is 1. The van der Waals surface area contributed by atoms with E-state index < -0.39 is 23.0 Å². The lowest BCUT2D eigenvalue weighted by atomic mass is 10.1. The number of hydrogen-bond acceptors (Lipinski definition) is 5. The Morgan fingerprint density at radius 2 is 1.89 bits per heavy atom. The summed E-state index contributed by atoms with van der Waals surface area (Å²) in [7, 11) is 0. The summed E-state index contributed by atoms with van der Waals surface area (Å²) in [6.45, 7) is 0. The Morgan fingerprint density at radius 1 is 1.15 bits per heavy atom. The minimum atomic E-state index is -4.77. The fourth-order valence-electron chi connectivity index (χ4n) is 2.77. The van der Waals surface area contributed by atoms with Gasteiger partial charge in [-0.05, 0) is 24.3 Å². The largest absolute Gasteiger partial charge is 0.507 e. The van der Waals surface area contributed by atoms with Gasteiger partial charge in [0, 0.05) is 15.4 Å². The van der Waals surface area contributed by atoms with Crippen LogP contribution in [0.1, 0.15) is 5.56 Å². The highest BCUT2D eigenvalue weighted by Crippen LogP contribution is 2.42. The summed E-state index contributed by atoms with van der Waals surface area (Å²) in [6, 6.07) is 5.11. The van der Waals surface area contributed by atoms with Crippen molar-refractivity contribution >= 4 is 47.7 Å². The van der Waals surface area contributed by atoms with Crippen molar-refractivity contribution in [2.75, 3.05) is 0 Å². The molecular weight excluding hydrogens is 451 g/mol. The first-order valence-electron chi connectivity index (χ1n) is 7.31. The molecule has 0 saturated heterocycles. The first kappa shape index (κ1) is 17.7. The maximum atomic E-state index is 13.7. The van der Waals surface area contributed by atoms with Crippen molar-refractivity contribution in [3.8, 4) is 17.0 Å². The van der Waals surface area contributed by atoms with Crippen molar-refractivity contribution in [3.63, 3.8) is 0 Å². The van der Waals surface area contributed by atoms with Crippen molar-refractivity contribution in [1.29, 1.82) is 0 Å². The van der Waals surface area contributed by atoms with E-state index in [0.717, 1.165) is 17.4 Å². The zero-order chi connectivity index (χ0) is 19.5. The molecule has 0 fully saturated rings. The number of halogens is 4. The van der Waals surface area contributed by atoms with Gasteiger partial charge in [0.25, 0.3) is 5.56 Å². The van der Waals surface area contributed by atoms with Crippen LogP contribution in [0.3, 0.4) is 0 Å². The normalized spacial score (nSPS) is 12.1. The molecule has 27 heavy (non-hydrogen) atoms. The van der Waals surface area contributed by atoms with Crippen molar-refractivity contribution in [2.24, 2.45) is 0 Å². The predicted molar refractivity (Wildman–Crippen MR) is 98.2 cm³/mol. The van der Waals surface area contributed by atoms with Crippen LogP contribution in [0.4, 0.5) is 13.2 Å². The van der Waals surface area contributed by atoms with Crippen LogP contribution in [0.15, 0.2) is 38.3 Å². The summed E-state index contributed by atoms with van der Waals surface area (Å²) < 4.78 is 41.6. The number of aromatic amines is 2. The second kappa shape index (κ2) is 5.92. The topological polar surface area (TPSA) is 98.8 Å². The van der Waals surface area contributed by atoms with E-state index in [-0.39, 0.29) is 37.4 Å². The zero-order valence-corrected chi connectivity index (χ0v) is 15.3. The number of nitrogens with one attached hydrogen (secondary N) is 2. The molecule has 6 nitrogen and oxygen atoms in total. The third kappa shape index (κ3) is 2.92. The third-order valence-electron chi connectivity index (χ3n) is 3.88. The molecule has 0 amide bonds. The van der Waals surface area contributed by atoms with E-state index in [4.69, 9.17) is 0 Å². The molecule has 0 spiro atoms. The lowest BCUT2D eigenvalue weighted by molar-refractivity contribution is -0.136. The van der Waals surface area contributed by atoms with Crippen LogP contribution < -0.4 is 11.2 Å². The summed E-state index contributed by atoms with van der Waals surface area (Å²) in [4.78, 5) is 31.8. The third-order valence-corrected chi connectivity index (χ3v) is 5.45. The molecule has 4 aromatic rings. The molecule has 0 radical (unpaired) electrons. The van der Waals surface area contributed by atoms with E-state index in [1.165, 1.54) is 12.1 Å². The van der Waals surface area contributed by atoms with Gasteiger partial charge < -0.3 is 10.1 Å². The minimum Gasteiger partial charge on any atom is -0.507 e. The number of aromatic hydroxyl groups is 1. The number of alkyl halides is 3. The molecule has 0 aliphatic carbocycles. The number of benzene rings is 1. The Morgan fingerprint density at radius 3 is 2.56 bits per heavy atom. The van der Waals surface area contributed by atoms with Crippen LogP contribution >= 0.6 is 27.3 Å². The molecule has 0 aliphatic heterocycles. The van der Waals surface area contributed by atoms with E-state index in [0.29, 0.717) is 4.47 Å². The molecule has 4 rings (SSSR count). The van der Waals surface area contributed by atoms with Gasteiger partial charge in [-0.25, -0.2) is 9.78 Å². The van der Waals surface area contributed by atoms with Gasteiger partial charge in [0.15, 0.2) is 0 Å². The van der Waals surface area contributed by atoms with Gasteiger partial charge >= 0.3 is 11.9 Å². The van der Waals surface area contributed by atoms with Crippen LogP contribution in [0.25, 0.3) is 31.7 Å². The van der Waals surface area contributed by atoms with Crippen LogP contribution in [0.2, 0.25) is 0 Å². The Balaban J connectivity index is 2.16. The summed E-state index contributed by atoms with van der Waals surface area (Å²) in [5, 5.41) is 9.73. The number of thiophene rings is 1. The zero-order valence-electron chi connectivity index (χ0n) is 12.9. The number of aromatic nitrogens is 3. The highest BCUT2D eigenvalue weighted by Gasteiger charge is 2.35. The number of hydrogen-bond donors (Lipinski definition) is 3. The van der Waals surface area contributed by atoms with Crippen LogP contribution in [-0.4, -0.2) is 20.1 Å². The molecule has 11 heteroatoms. The standard InChI is InChI=1S/C16H7BrF3N3O3S/c17-5-1-2-6(9(24)3-5)8-4-7(16(18,19)20)10-11-12(27-14(10)21-8)13(25)23-15(26)22-11/h1-4,24H,(H2,22,23,25,26). The maximum absolute atomic E-state index is 13.7. The lowest BCUT2D eigenvalue weighted by Crippen LogP contribution is -2.20. The monoisotopic (exact) mass is 457 g/mol. The average Bonchev–Trinajstić information content (AvgIpc) is 2.92. The fourth-order valence-corrected chi connectivity index (χ4v) is 4.16. The molecule has 0 aliphatic rings. The van der Waals surface area contributed by atoms with E-state index in [2.05, 4.69) is 25.9 Å². The highest BCUT2D eigenvalue weighted by atomic mass is 79.9. The lowest BCUT2D eigenvalue weighted by Gasteiger charge is -2.11. The number of H-pyrrole nitrogens is 2. The SMILES string of the molecule is O=c1[nH]c(=O)c2sc3nc(-c4ccc(Br)cc4O)cc(C(F)(F)F)c3c2[nH]1. The van der Waals surface area contributed by atoms with E-state index in [9.17, 15) is 27.9 Å². The number of phenolic OH excluding ortho intramolecular Hbond substituents is 1. The molecule has 1 aromatic carbocycles. The molecule has 0 bridgehead atoms. The van der Waals surface area contributed by atoms with Crippen molar-refractivity contribution in [2.45, 2.75) is 6.18 Å². The number of nitrogens with zero attached hydrogens (tertiary/aromatic N) is 1. The molecule has 138 valence electrons. The summed E-state index contributed by atoms with van der Waals surface area (Å²) >= 11 is 3.89. The minimum absolute atomic E-state index is 0.0696. The summed E-state index contributed by atoms with van der Waals surface area (Å²) in [6.07, 6.45) is -4.77. The first-order chi connectivity index (χ1) is 12.6. The van der Waals surface area contributed by atoms with Crippen LogP contribution in [-0.2, 0) is 6.18 Å². The van der Waals surface area contributed by atoms with Gasteiger partial charge in [0.2, 0.25) is 0 Å². The first-order valence-corrected chi connectivity index (χ1v) is 8.92. The summed E-state index contributed by atoms with van der Waals surface area (Å²) in [5.41, 5.74) is -2.98. The number of fused-ring (bicyclic) bond motifs is 3.